The number of carbonyl (C=O) groups excluding carboxylic acids is 3. The molecular formula is C26H30N2O7. The maximum Gasteiger partial charge on any atom is 0.337 e. The number of nitrogens with zero attached hydrogens (tertiary/aromatic N) is 1. The Morgan fingerprint density at radius 2 is 1.86 bits per heavy atom. The number of hydrogen-bond acceptors (Lipinski definition) is 8. The minimum atomic E-state index is -1.02. The van der Waals surface area contributed by atoms with Crippen molar-refractivity contribution in [3.05, 3.63) is 62.0 Å². The number of ether oxygens (including phenoxy) is 2. The molecule has 9 nitrogen and oxygen atoms in total. The number of benzene rings is 1. The number of dihydropyridines is 1. The summed E-state index contributed by atoms with van der Waals surface area (Å²) in [6, 6.07) is 4.71. The number of allylic oxidation sites excluding steroid dienone is 3. The van der Waals surface area contributed by atoms with E-state index in [1.165, 1.54) is 13.2 Å². The summed E-state index contributed by atoms with van der Waals surface area (Å²) < 4.78 is 10.7. The molecule has 0 unspecified atom stereocenters. The minimum absolute atomic E-state index is 0.106. The van der Waals surface area contributed by atoms with Gasteiger partial charge in [-0.2, -0.15) is 0 Å². The van der Waals surface area contributed by atoms with Gasteiger partial charge in [-0.25, -0.2) is 4.79 Å². The maximum absolute atomic E-state index is 13.8. The van der Waals surface area contributed by atoms with Crippen molar-refractivity contribution in [3.8, 4) is 0 Å². The highest BCUT2D eigenvalue weighted by Gasteiger charge is 2.47. The van der Waals surface area contributed by atoms with Crippen molar-refractivity contribution in [2.75, 3.05) is 7.11 Å². The highest BCUT2D eigenvalue weighted by molar-refractivity contribution is 6.12. The molecule has 4 rings (SSSR count). The van der Waals surface area contributed by atoms with Gasteiger partial charge in [0.05, 0.1) is 17.6 Å². The number of aryl methyl sites for hydroxylation is 1. The molecule has 1 saturated carbocycles. The molecule has 0 amide bonds. The molecule has 0 spiro atoms. The Balaban J connectivity index is 1.86. The van der Waals surface area contributed by atoms with Crippen LogP contribution in [0.2, 0.25) is 0 Å². The average Bonchev–Trinajstić information content (AvgIpc) is 3.31. The second-order valence-electron chi connectivity index (χ2n) is 9.65. The van der Waals surface area contributed by atoms with E-state index in [2.05, 4.69) is 5.32 Å². The number of methoxy groups -OCH3 is 1. The summed E-state index contributed by atoms with van der Waals surface area (Å²) in [5.74, 6) is -3.86. The first-order chi connectivity index (χ1) is 16.6. The number of nitro groups is 1. The van der Waals surface area contributed by atoms with Gasteiger partial charge in [0.25, 0.3) is 5.69 Å². The summed E-state index contributed by atoms with van der Waals surface area (Å²) in [7, 11) is 1.24. The fourth-order valence-electron chi connectivity index (χ4n) is 5.51. The Bertz CT molecular complexity index is 1160. The third kappa shape index (κ3) is 4.47. The molecule has 0 bridgehead atoms. The zero-order chi connectivity index (χ0) is 25.4. The summed E-state index contributed by atoms with van der Waals surface area (Å²) in [4.78, 5) is 51.0. The molecule has 2 aliphatic carbocycles. The number of hydrogen-bond donors (Lipinski definition) is 1. The molecule has 3 atom stereocenters. The smallest absolute Gasteiger partial charge is 0.337 e. The van der Waals surface area contributed by atoms with Crippen molar-refractivity contribution in [1.82, 2.24) is 5.32 Å². The number of ketones is 1. The first-order valence-corrected chi connectivity index (χ1v) is 11.9. The van der Waals surface area contributed by atoms with Gasteiger partial charge in [-0.05, 0) is 57.4 Å². The van der Waals surface area contributed by atoms with Crippen molar-refractivity contribution in [1.29, 1.82) is 0 Å². The van der Waals surface area contributed by atoms with Crippen LogP contribution in [0.3, 0.4) is 0 Å². The number of rotatable bonds is 5. The van der Waals surface area contributed by atoms with Crippen LogP contribution in [-0.2, 0) is 23.9 Å². The molecule has 1 aromatic rings. The van der Waals surface area contributed by atoms with Crippen LogP contribution in [0.15, 0.2) is 40.7 Å². The molecular weight excluding hydrogens is 452 g/mol. The molecule has 186 valence electrons. The molecule has 1 aliphatic heterocycles. The lowest BCUT2D eigenvalue weighted by molar-refractivity contribution is -0.385. The zero-order valence-corrected chi connectivity index (χ0v) is 20.4. The Morgan fingerprint density at radius 1 is 1.17 bits per heavy atom. The molecule has 0 aromatic heterocycles. The van der Waals surface area contributed by atoms with Gasteiger partial charge in [0.15, 0.2) is 5.78 Å². The summed E-state index contributed by atoms with van der Waals surface area (Å²) in [6.45, 7) is 5.18. The largest absolute Gasteiger partial charge is 0.468 e. The number of nitrogens with one attached hydrogen (secondary N) is 1. The Morgan fingerprint density at radius 3 is 2.49 bits per heavy atom. The Hall–Kier alpha value is -3.49. The van der Waals surface area contributed by atoms with Crippen molar-refractivity contribution in [2.24, 2.45) is 11.8 Å². The van der Waals surface area contributed by atoms with Gasteiger partial charge in [0.1, 0.15) is 12.0 Å². The molecule has 9 heteroatoms. The van der Waals surface area contributed by atoms with E-state index in [-0.39, 0.29) is 28.9 Å². The van der Waals surface area contributed by atoms with Crippen LogP contribution in [0.1, 0.15) is 63.0 Å². The van der Waals surface area contributed by atoms with E-state index in [1.54, 1.807) is 32.9 Å². The molecule has 1 heterocycles. The van der Waals surface area contributed by atoms with Gasteiger partial charge in [-0.15, -0.1) is 0 Å². The lowest BCUT2D eigenvalue weighted by Gasteiger charge is -2.38. The van der Waals surface area contributed by atoms with E-state index in [0.717, 1.165) is 25.7 Å². The second-order valence-corrected chi connectivity index (χ2v) is 9.65. The number of nitro benzene ring substituents is 1. The summed E-state index contributed by atoms with van der Waals surface area (Å²) >= 11 is 0. The van der Waals surface area contributed by atoms with E-state index >= 15 is 0 Å². The van der Waals surface area contributed by atoms with E-state index in [9.17, 15) is 24.5 Å². The van der Waals surface area contributed by atoms with Crippen molar-refractivity contribution < 1.29 is 28.8 Å². The summed E-state index contributed by atoms with van der Waals surface area (Å²) in [5, 5.41) is 14.9. The fraction of sp³-hybridized carbons (Fsp3) is 0.500. The van der Waals surface area contributed by atoms with Crippen LogP contribution in [0.4, 0.5) is 5.69 Å². The van der Waals surface area contributed by atoms with Gasteiger partial charge >= 0.3 is 11.9 Å². The zero-order valence-electron chi connectivity index (χ0n) is 20.4. The van der Waals surface area contributed by atoms with Gasteiger partial charge in [-0.3, -0.25) is 19.7 Å². The van der Waals surface area contributed by atoms with Gasteiger partial charge in [0, 0.05) is 34.5 Å². The number of Topliss-reactive ketones (excluding diaryl/α,β-unsaturated/α-hetero) is 1. The molecule has 1 fully saturated rings. The van der Waals surface area contributed by atoms with Crippen LogP contribution < -0.4 is 5.32 Å². The third-order valence-corrected chi connectivity index (χ3v) is 7.30. The molecule has 0 radical (unpaired) electrons. The van der Waals surface area contributed by atoms with E-state index in [1.807, 2.05) is 0 Å². The normalized spacial score (nSPS) is 24.7. The van der Waals surface area contributed by atoms with Crippen LogP contribution >= 0.6 is 0 Å². The fourth-order valence-corrected chi connectivity index (χ4v) is 5.51. The highest BCUT2D eigenvalue weighted by Crippen LogP contribution is 2.46. The Kier molecular flexibility index (Phi) is 6.78. The monoisotopic (exact) mass is 482 g/mol. The number of carbonyl (C=O) groups is 3. The van der Waals surface area contributed by atoms with Crippen LogP contribution in [-0.4, -0.2) is 35.9 Å². The molecule has 1 aromatic carbocycles. The molecule has 0 saturated heterocycles. The predicted molar refractivity (Wildman–Crippen MR) is 126 cm³/mol. The van der Waals surface area contributed by atoms with E-state index in [0.29, 0.717) is 28.9 Å². The highest BCUT2D eigenvalue weighted by atomic mass is 16.6. The lowest BCUT2D eigenvalue weighted by Crippen LogP contribution is -2.43. The van der Waals surface area contributed by atoms with Crippen LogP contribution in [0, 0.1) is 28.9 Å². The van der Waals surface area contributed by atoms with Crippen LogP contribution in [0.25, 0.3) is 0 Å². The van der Waals surface area contributed by atoms with Gasteiger partial charge < -0.3 is 14.8 Å². The Labute approximate surface area is 203 Å². The molecule has 3 aliphatic rings. The first-order valence-electron chi connectivity index (χ1n) is 11.9. The van der Waals surface area contributed by atoms with Crippen molar-refractivity contribution >= 4 is 23.4 Å². The van der Waals surface area contributed by atoms with Gasteiger partial charge in [-0.1, -0.05) is 19.1 Å². The summed E-state index contributed by atoms with van der Waals surface area (Å²) in [6.07, 6.45) is 3.72. The van der Waals surface area contributed by atoms with Crippen molar-refractivity contribution in [2.45, 2.75) is 64.9 Å². The van der Waals surface area contributed by atoms with Crippen molar-refractivity contribution in [3.63, 3.8) is 0 Å². The summed E-state index contributed by atoms with van der Waals surface area (Å²) in [5.41, 5.74) is 2.45. The molecule has 35 heavy (non-hydrogen) atoms. The maximum atomic E-state index is 13.8. The quantitative estimate of drug-likeness (QED) is 0.289. The van der Waals surface area contributed by atoms with E-state index < -0.39 is 34.5 Å². The standard InChI is InChI=1S/C26H30N2O7/c1-13-9-10-16(12-19(13)28(32)33)22-21(26(31)35-17-7-5-6-8-17)15(3)27-18-11-14(2)20(25(30)34-4)24(29)23(18)22/h9-10,12,14,17,20,22,27H,5-8,11H2,1-4H3/t14-,20+,22-/m0/s1. The lowest BCUT2D eigenvalue weighted by atomic mass is 9.69. The second kappa shape index (κ2) is 9.64. The third-order valence-electron chi connectivity index (χ3n) is 7.30. The van der Waals surface area contributed by atoms with Gasteiger partial charge in [0.2, 0.25) is 0 Å². The molecule has 1 N–H and O–H groups in total. The SMILES string of the molecule is COC(=O)[C@H]1C(=O)C2=C(C[C@@H]1C)NC(C)=C(C(=O)OC1CCCC1)[C@@H]2c1ccc(C)c([N+](=O)[O-])c1. The van der Waals surface area contributed by atoms with Crippen LogP contribution in [0.5, 0.6) is 0 Å². The predicted octanol–water partition coefficient (Wildman–Crippen LogP) is 4.00. The average molecular weight is 483 g/mol. The number of esters is 2. The topological polar surface area (TPSA) is 125 Å². The minimum Gasteiger partial charge on any atom is -0.468 e. The van der Waals surface area contributed by atoms with E-state index in [4.69, 9.17) is 9.47 Å². The first kappa shape index (κ1) is 24.6.